The smallest absolute Gasteiger partial charge is 0.277 e. The summed E-state index contributed by atoms with van der Waals surface area (Å²) in [6, 6.07) is 3.11. The largest absolute Gasteiger partial charge is 0.391 e. The van der Waals surface area contributed by atoms with Gasteiger partial charge in [0, 0.05) is 6.54 Å². The van der Waals surface area contributed by atoms with Gasteiger partial charge in [0.25, 0.3) is 11.5 Å². The number of fused-ring (bicyclic) bond motifs is 3. The van der Waals surface area contributed by atoms with Crippen molar-refractivity contribution in [2.75, 3.05) is 6.54 Å². The Kier molecular flexibility index (Phi) is 2.80. The average molecular weight is 300 g/mol. The van der Waals surface area contributed by atoms with E-state index >= 15 is 0 Å². The molecule has 1 aliphatic carbocycles. The number of piperidine rings is 1. The number of likely N-dealkylation sites (tertiary alicyclic amines) is 1. The number of aliphatic hydroxyl groups excluding tert-OH is 1. The zero-order valence-corrected chi connectivity index (χ0v) is 12.1. The number of aliphatic hydroxyl groups is 1. The van der Waals surface area contributed by atoms with Crippen LogP contribution < -0.4 is 5.56 Å². The van der Waals surface area contributed by atoms with E-state index in [9.17, 15) is 14.7 Å². The average Bonchev–Trinajstić information content (AvgIpc) is 3.05. The lowest BCUT2D eigenvalue weighted by Crippen LogP contribution is -2.45. The molecule has 1 saturated carbocycles. The van der Waals surface area contributed by atoms with Gasteiger partial charge in [0.2, 0.25) is 0 Å². The molecule has 2 N–H and O–H groups in total. The van der Waals surface area contributed by atoms with E-state index in [4.69, 9.17) is 0 Å². The molecule has 2 bridgehead atoms. The van der Waals surface area contributed by atoms with Gasteiger partial charge in [-0.15, -0.1) is 0 Å². The zero-order chi connectivity index (χ0) is 15.4. The first-order valence-corrected chi connectivity index (χ1v) is 7.39. The quantitative estimate of drug-likeness (QED) is 0.785. The van der Waals surface area contributed by atoms with Crippen LogP contribution in [0.2, 0.25) is 0 Å². The van der Waals surface area contributed by atoms with Gasteiger partial charge in [0.15, 0.2) is 5.52 Å². The van der Waals surface area contributed by atoms with Crippen molar-refractivity contribution in [1.29, 1.82) is 0 Å². The van der Waals surface area contributed by atoms with Crippen LogP contribution in [-0.2, 0) is 0 Å². The fourth-order valence-electron chi connectivity index (χ4n) is 3.63. The number of pyridine rings is 1. The van der Waals surface area contributed by atoms with Crippen molar-refractivity contribution >= 4 is 16.9 Å². The molecule has 7 nitrogen and oxygen atoms in total. The van der Waals surface area contributed by atoms with E-state index < -0.39 is 6.10 Å². The van der Waals surface area contributed by atoms with Gasteiger partial charge >= 0.3 is 0 Å². The first kappa shape index (κ1) is 13.4. The standard InChI is InChI=1S/C15H16N4O3/c1-7-16-9-2-3-10(18-13(9)14(21)17-7)15(22)19-6-8-4-11(19)12(20)5-8/h2-3,8,11-12,20H,4-6H2,1H3,(H,16,17,21)/t8-,11+,12+/m0/s1. The first-order chi connectivity index (χ1) is 10.5. The first-order valence-electron chi connectivity index (χ1n) is 7.39. The molecule has 0 spiro atoms. The number of H-pyrrole nitrogens is 1. The highest BCUT2D eigenvalue weighted by Crippen LogP contribution is 2.38. The Hall–Kier alpha value is -2.28. The molecule has 2 aromatic rings. The van der Waals surface area contributed by atoms with Crippen LogP contribution in [0.5, 0.6) is 0 Å². The number of nitrogens with zero attached hydrogens (tertiary/aromatic N) is 3. The molecule has 3 atom stereocenters. The molecule has 2 aliphatic rings. The van der Waals surface area contributed by atoms with E-state index in [-0.39, 0.29) is 28.7 Å². The van der Waals surface area contributed by atoms with Crippen LogP contribution in [0, 0.1) is 12.8 Å². The number of amides is 1. The molecule has 4 rings (SSSR count). The van der Waals surface area contributed by atoms with Crippen LogP contribution in [0.25, 0.3) is 11.0 Å². The molecule has 1 aliphatic heterocycles. The Balaban J connectivity index is 1.72. The number of hydrogen-bond acceptors (Lipinski definition) is 5. The number of aryl methyl sites for hydroxylation is 1. The second-order valence-electron chi connectivity index (χ2n) is 6.15. The summed E-state index contributed by atoms with van der Waals surface area (Å²) in [6.07, 6.45) is 1.17. The molecule has 0 radical (unpaired) electrons. The zero-order valence-electron chi connectivity index (χ0n) is 12.1. The van der Waals surface area contributed by atoms with E-state index in [0.29, 0.717) is 23.8 Å². The highest BCUT2D eigenvalue weighted by molar-refractivity contribution is 5.94. The minimum atomic E-state index is -0.448. The van der Waals surface area contributed by atoms with Gasteiger partial charge in [0.1, 0.15) is 11.5 Å². The summed E-state index contributed by atoms with van der Waals surface area (Å²) in [5.41, 5.74) is 0.519. The predicted molar refractivity (Wildman–Crippen MR) is 78.5 cm³/mol. The van der Waals surface area contributed by atoms with Crippen LogP contribution in [0.3, 0.4) is 0 Å². The van der Waals surface area contributed by atoms with Crippen molar-refractivity contribution in [2.45, 2.75) is 31.9 Å². The third-order valence-corrected chi connectivity index (χ3v) is 4.60. The van der Waals surface area contributed by atoms with Crippen molar-refractivity contribution in [3.8, 4) is 0 Å². The second kappa shape index (κ2) is 4.61. The number of aromatic amines is 1. The van der Waals surface area contributed by atoms with Crippen LogP contribution in [0.4, 0.5) is 0 Å². The summed E-state index contributed by atoms with van der Waals surface area (Å²) in [5.74, 6) is 0.656. The summed E-state index contributed by atoms with van der Waals surface area (Å²) < 4.78 is 0. The number of nitrogens with one attached hydrogen (secondary N) is 1. The van der Waals surface area contributed by atoms with Gasteiger partial charge in [-0.05, 0) is 37.8 Å². The molecule has 0 unspecified atom stereocenters. The molecule has 22 heavy (non-hydrogen) atoms. The fraction of sp³-hybridized carbons (Fsp3) is 0.467. The fourth-order valence-corrected chi connectivity index (χ4v) is 3.63. The molecule has 0 aromatic carbocycles. The van der Waals surface area contributed by atoms with Crippen molar-refractivity contribution in [3.05, 3.63) is 34.0 Å². The lowest BCUT2D eigenvalue weighted by Gasteiger charge is -2.30. The van der Waals surface area contributed by atoms with Crippen LogP contribution >= 0.6 is 0 Å². The Labute approximate surface area is 126 Å². The lowest BCUT2D eigenvalue weighted by atomic mass is 10.1. The normalized spacial score (nSPS) is 26.8. The third-order valence-electron chi connectivity index (χ3n) is 4.60. The highest BCUT2D eigenvalue weighted by atomic mass is 16.3. The molecular weight excluding hydrogens is 284 g/mol. The summed E-state index contributed by atoms with van der Waals surface area (Å²) >= 11 is 0. The van der Waals surface area contributed by atoms with Gasteiger partial charge in [-0.1, -0.05) is 0 Å². The SMILES string of the molecule is Cc1nc2ccc(C(=O)N3C[C@@H]4C[C@@H](O)[C@H]3C4)nc2c(=O)[nH]1. The van der Waals surface area contributed by atoms with E-state index in [1.165, 1.54) is 0 Å². The molecule has 2 aromatic heterocycles. The molecular formula is C15H16N4O3. The lowest BCUT2D eigenvalue weighted by molar-refractivity contribution is 0.0399. The molecule has 2 fully saturated rings. The van der Waals surface area contributed by atoms with E-state index in [2.05, 4.69) is 15.0 Å². The van der Waals surface area contributed by atoms with Crippen molar-refractivity contribution in [2.24, 2.45) is 5.92 Å². The maximum absolute atomic E-state index is 12.6. The van der Waals surface area contributed by atoms with Gasteiger partial charge in [-0.2, -0.15) is 0 Å². The van der Waals surface area contributed by atoms with Crippen LogP contribution in [-0.4, -0.2) is 49.6 Å². The van der Waals surface area contributed by atoms with E-state index in [1.807, 2.05) is 0 Å². The summed E-state index contributed by atoms with van der Waals surface area (Å²) in [4.78, 5) is 37.2. The Morgan fingerprint density at radius 3 is 2.91 bits per heavy atom. The minimum absolute atomic E-state index is 0.121. The van der Waals surface area contributed by atoms with Crippen molar-refractivity contribution in [3.63, 3.8) is 0 Å². The maximum atomic E-state index is 12.6. The van der Waals surface area contributed by atoms with Crippen LogP contribution in [0.1, 0.15) is 29.2 Å². The number of carbonyl (C=O) groups is 1. The number of hydrogen-bond donors (Lipinski definition) is 2. The second-order valence-corrected chi connectivity index (χ2v) is 6.15. The summed E-state index contributed by atoms with van der Waals surface area (Å²) in [6.45, 7) is 2.35. The summed E-state index contributed by atoms with van der Waals surface area (Å²) in [5, 5.41) is 9.95. The maximum Gasteiger partial charge on any atom is 0.277 e. The molecule has 1 amide bonds. The number of rotatable bonds is 1. The predicted octanol–water partition coefficient (Wildman–Crippen LogP) is 0.222. The van der Waals surface area contributed by atoms with Crippen molar-refractivity contribution < 1.29 is 9.90 Å². The number of aromatic nitrogens is 3. The van der Waals surface area contributed by atoms with Gasteiger partial charge in [0.05, 0.1) is 17.7 Å². The number of carbonyl (C=O) groups excluding carboxylic acids is 1. The Morgan fingerprint density at radius 2 is 2.18 bits per heavy atom. The van der Waals surface area contributed by atoms with E-state index in [0.717, 1.165) is 12.8 Å². The molecule has 1 saturated heterocycles. The van der Waals surface area contributed by atoms with Gasteiger partial charge < -0.3 is 15.0 Å². The summed E-state index contributed by atoms with van der Waals surface area (Å²) in [7, 11) is 0. The monoisotopic (exact) mass is 300 g/mol. The topological polar surface area (TPSA) is 99.2 Å². The molecule has 3 heterocycles. The molecule has 114 valence electrons. The third kappa shape index (κ3) is 1.93. The molecule has 7 heteroatoms. The van der Waals surface area contributed by atoms with Gasteiger partial charge in [-0.3, -0.25) is 9.59 Å². The minimum Gasteiger partial charge on any atom is -0.391 e. The Morgan fingerprint density at radius 1 is 1.36 bits per heavy atom. The van der Waals surface area contributed by atoms with Gasteiger partial charge in [-0.25, -0.2) is 9.97 Å². The van der Waals surface area contributed by atoms with E-state index in [1.54, 1.807) is 24.0 Å². The van der Waals surface area contributed by atoms with Crippen molar-refractivity contribution in [1.82, 2.24) is 19.9 Å². The Bertz CT molecular complexity index is 831. The van der Waals surface area contributed by atoms with Crippen LogP contribution in [0.15, 0.2) is 16.9 Å². The highest BCUT2D eigenvalue weighted by Gasteiger charge is 2.46.